The quantitative estimate of drug-likeness (QED) is 0.904. The summed E-state index contributed by atoms with van der Waals surface area (Å²) in [5.74, 6) is -0.451. The fourth-order valence-electron chi connectivity index (χ4n) is 2.08. The molecular weight excluding hydrogens is 289 g/mol. The molecule has 1 heterocycles. The lowest BCUT2D eigenvalue weighted by molar-refractivity contribution is 0.152. The van der Waals surface area contributed by atoms with E-state index in [4.69, 9.17) is 5.26 Å². The van der Waals surface area contributed by atoms with E-state index in [0.29, 0.717) is 12.1 Å². The number of halogens is 1. The molecule has 1 aromatic heterocycles. The summed E-state index contributed by atoms with van der Waals surface area (Å²) in [4.78, 5) is 24.2. The molecule has 2 rings (SSSR count). The molecule has 0 saturated carbocycles. The maximum absolute atomic E-state index is 12.9. The van der Waals surface area contributed by atoms with Crippen LogP contribution in [-0.2, 0) is 13.1 Å². The smallest absolute Gasteiger partial charge is 0.331 e. The number of nitriles is 1. The molecule has 2 aromatic rings. The highest BCUT2D eigenvalue weighted by atomic mass is 19.1. The van der Waals surface area contributed by atoms with Gasteiger partial charge >= 0.3 is 5.69 Å². The van der Waals surface area contributed by atoms with Crippen LogP contribution < -0.4 is 11.2 Å². The Morgan fingerprint density at radius 3 is 2.50 bits per heavy atom. The van der Waals surface area contributed by atoms with Gasteiger partial charge in [-0.05, 0) is 24.6 Å². The lowest BCUT2D eigenvalue weighted by Crippen LogP contribution is -2.41. The summed E-state index contributed by atoms with van der Waals surface area (Å²) >= 11 is 0. The number of hydrogen-bond donors (Lipinski definition) is 1. The van der Waals surface area contributed by atoms with E-state index in [-0.39, 0.29) is 12.1 Å². The molecule has 114 valence electrons. The molecule has 0 aliphatic rings. The molecule has 1 atom stereocenters. The summed E-state index contributed by atoms with van der Waals surface area (Å²) in [6.07, 6.45) is 0.0380. The standard InChI is InChI=1S/C15H14FN3O3/c1-2-18-8-11(7-17)14(21)19(15(18)22)9-13(20)10-3-5-12(16)6-4-10/h3-6,8,13,20H,2,9H2,1H3. The Kier molecular flexibility index (Phi) is 4.53. The Bertz CT molecular complexity index is 831. The first kappa shape index (κ1) is 15.7. The minimum Gasteiger partial charge on any atom is -0.387 e. The number of rotatable bonds is 4. The van der Waals surface area contributed by atoms with E-state index < -0.39 is 23.2 Å². The van der Waals surface area contributed by atoms with Crippen molar-refractivity contribution in [2.75, 3.05) is 0 Å². The van der Waals surface area contributed by atoms with Gasteiger partial charge in [-0.2, -0.15) is 5.26 Å². The molecule has 0 bridgehead atoms. The molecule has 1 N–H and O–H groups in total. The number of aliphatic hydroxyl groups excluding tert-OH is 1. The van der Waals surface area contributed by atoms with Gasteiger partial charge < -0.3 is 5.11 Å². The van der Waals surface area contributed by atoms with E-state index in [0.717, 1.165) is 4.57 Å². The predicted octanol–water partition coefficient (Wildman–Crippen LogP) is 0.774. The molecule has 0 spiro atoms. The zero-order chi connectivity index (χ0) is 16.3. The third-order valence-corrected chi connectivity index (χ3v) is 3.31. The monoisotopic (exact) mass is 303 g/mol. The van der Waals surface area contributed by atoms with Gasteiger partial charge in [0.1, 0.15) is 17.4 Å². The molecule has 22 heavy (non-hydrogen) atoms. The Hall–Kier alpha value is -2.72. The molecule has 6 nitrogen and oxygen atoms in total. The number of hydrogen-bond acceptors (Lipinski definition) is 4. The Morgan fingerprint density at radius 2 is 1.95 bits per heavy atom. The van der Waals surface area contributed by atoms with Gasteiger partial charge in [-0.15, -0.1) is 0 Å². The Morgan fingerprint density at radius 1 is 1.32 bits per heavy atom. The average molecular weight is 303 g/mol. The van der Waals surface area contributed by atoms with E-state index in [1.54, 1.807) is 13.0 Å². The summed E-state index contributed by atoms with van der Waals surface area (Å²) < 4.78 is 14.9. The van der Waals surface area contributed by atoms with Crippen molar-refractivity contribution in [2.24, 2.45) is 0 Å². The second-order valence-electron chi connectivity index (χ2n) is 4.71. The molecule has 0 fully saturated rings. The zero-order valence-electron chi connectivity index (χ0n) is 11.9. The zero-order valence-corrected chi connectivity index (χ0v) is 11.9. The second-order valence-corrected chi connectivity index (χ2v) is 4.71. The van der Waals surface area contributed by atoms with Gasteiger partial charge in [0.25, 0.3) is 5.56 Å². The van der Waals surface area contributed by atoms with Gasteiger partial charge in [0, 0.05) is 12.7 Å². The van der Waals surface area contributed by atoms with Crippen molar-refractivity contribution in [3.05, 3.63) is 68.2 Å². The highest BCUT2D eigenvalue weighted by Crippen LogP contribution is 2.14. The number of nitrogens with zero attached hydrogens (tertiary/aromatic N) is 3. The summed E-state index contributed by atoms with van der Waals surface area (Å²) in [5, 5.41) is 19.1. The van der Waals surface area contributed by atoms with Crippen molar-refractivity contribution in [3.63, 3.8) is 0 Å². The van der Waals surface area contributed by atoms with Crippen LogP contribution in [0.15, 0.2) is 40.1 Å². The molecule has 0 radical (unpaired) electrons. The first-order chi connectivity index (χ1) is 10.5. The van der Waals surface area contributed by atoms with Crippen molar-refractivity contribution >= 4 is 0 Å². The largest absolute Gasteiger partial charge is 0.387 e. The summed E-state index contributed by atoms with van der Waals surface area (Å²) in [6, 6.07) is 6.83. The van der Waals surface area contributed by atoms with Crippen LogP contribution >= 0.6 is 0 Å². The van der Waals surface area contributed by atoms with Gasteiger partial charge in [0.2, 0.25) is 0 Å². The van der Waals surface area contributed by atoms with Gasteiger partial charge in [0.05, 0.1) is 12.6 Å². The van der Waals surface area contributed by atoms with Crippen LogP contribution in [0.2, 0.25) is 0 Å². The van der Waals surface area contributed by atoms with Crippen LogP contribution in [0.5, 0.6) is 0 Å². The maximum atomic E-state index is 12.9. The molecule has 7 heteroatoms. The Labute approximate surface area is 125 Å². The third kappa shape index (κ3) is 2.97. The van der Waals surface area contributed by atoms with Gasteiger partial charge in [0.15, 0.2) is 0 Å². The van der Waals surface area contributed by atoms with E-state index in [1.807, 2.05) is 0 Å². The van der Waals surface area contributed by atoms with E-state index in [2.05, 4.69) is 0 Å². The van der Waals surface area contributed by atoms with Crippen LogP contribution in [0.4, 0.5) is 4.39 Å². The van der Waals surface area contributed by atoms with Gasteiger partial charge in [-0.1, -0.05) is 12.1 Å². The van der Waals surface area contributed by atoms with Crippen LogP contribution in [0.1, 0.15) is 24.2 Å². The predicted molar refractivity (Wildman–Crippen MR) is 76.7 cm³/mol. The second kappa shape index (κ2) is 6.37. The first-order valence-corrected chi connectivity index (χ1v) is 6.65. The molecule has 0 aliphatic heterocycles. The van der Waals surface area contributed by atoms with Crippen LogP contribution in [0, 0.1) is 17.1 Å². The van der Waals surface area contributed by atoms with Crippen molar-refractivity contribution in [1.82, 2.24) is 9.13 Å². The van der Waals surface area contributed by atoms with Crippen molar-refractivity contribution < 1.29 is 9.50 Å². The highest BCUT2D eigenvalue weighted by molar-refractivity contribution is 5.23. The van der Waals surface area contributed by atoms with E-state index in [9.17, 15) is 19.1 Å². The minimum atomic E-state index is -1.16. The third-order valence-electron chi connectivity index (χ3n) is 3.31. The molecule has 1 unspecified atom stereocenters. The molecule has 0 aliphatic carbocycles. The number of aromatic nitrogens is 2. The lowest BCUT2D eigenvalue weighted by atomic mass is 10.1. The van der Waals surface area contributed by atoms with Gasteiger partial charge in [-0.25, -0.2) is 9.18 Å². The van der Waals surface area contributed by atoms with Crippen molar-refractivity contribution in [2.45, 2.75) is 26.1 Å². The van der Waals surface area contributed by atoms with Crippen molar-refractivity contribution in [3.8, 4) is 6.07 Å². The van der Waals surface area contributed by atoms with E-state index >= 15 is 0 Å². The fourth-order valence-corrected chi connectivity index (χ4v) is 2.08. The summed E-state index contributed by atoms with van der Waals surface area (Å²) in [7, 11) is 0. The molecular formula is C15H14FN3O3. The lowest BCUT2D eigenvalue weighted by Gasteiger charge is -2.14. The number of aryl methyl sites for hydroxylation is 1. The van der Waals surface area contributed by atoms with Crippen LogP contribution in [0.3, 0.4) is 0 Å². The SMILES string of the molecule is CCn1cc(C#N)c(=O)n(CC(O)c2ccc(F)cc2)c1=O. The first-order valence-electron chi connectivity index (χ1n) is 6.65. The minimum absolute atomic E-state index is 0.173. The molecule has 0 amide bonds. The normalized spacial score (nSPS) is 11.9. The highest BCUT2D eigenvalue weighted by Gasteiger charge is 2.15. The molecule has 1 aromatic carbocycles. The van der Waals surface area contributed by atoms with Gasteiger partial charge in [-0.3, -0.25) is 13.9 Å². The van der Waals surface area contributed by atoms with Crippen molar-refractivity contribution in [1.29, 1.82) is 5.26 Å². The maximum Gasteiger partial charge on any atom is 0.331 e. The fraction of sp³-hybridized carbons (Fsp3) is 0.267. The topological polar surface area (TPSA) is 88.0 Å². The van der Waals surface area contributed by atoms with Crippen LogP contribution in [-0.4, -0.2) is 14.2 Å². The summed E-state index contributed by atoms with van der Waals surface area (Å²) in [5.41, 5.74) is -1.16. The number of aliphatic hydroxyl groups is 1. The average Bonchev–Trinajstić information content (AvgIpc) is 2.52. The molecule has 0 saturated heterocycles. The van der Waals surface area contributed by atoms with E-state index in [1.165, 1.54) is 35.0 Å². The Balaban J connectivity index is 2.45. The van der Waals surface area contributed by atoms with Crippen LogP contribution in [0.25, 0.3) is 0 Å². The summed E-state index contributed by atoms with van der Waals surface area (Å²) in [6.45, 7) is 1.69. The number of benzene rings is 1.